The van der Waals surface area contributed by atoms with E-state index in [-0.39, 0.29) is 11.5 Å². The number of nitrogens with zero attached hydrogens (tertiary/aromatic N) is 3. The van der Waals surface area contributed by atoms with Crippen LogP contribution in [0.25, 0.3) is 5.65 Å². The summed E-state index contributed by atoms with van der Waals surface area (Å²) in [6.07, 6.45) is 1.90. The maximum Gasteiger partial charge on any atom is 0.255 e. The summed E-state index contributed by atoms with van der Waals surface area (Å²) in [5, 5.41) is 3.55. The van der Waals surface area contributed by atoms with Crippen LogP contribution in [0.2, 0.25) is 0 Å². The van der Waals surface area contributed by atoms with E-state index in [4.69, 9.17) is 9.72 Å². The van der Waals surface area contributed by atoms with E-state index in [1.54, 1.807) is 7.11 Å². The van der Waals surface area contributed by atoms with Gasteiger partial charge in [0.15, 0.2) is 5.65 Å². The van der Waals surface area contributed by atoms with Crippen molar-refractivity contribution >= 4 is 17.2 Å². The van der Waals surface area contributed by atoms with Gasteiger partial charge in [-0.1, -0.05) is 18.2 Å². The zero-order chi connectivity index (χ0) is 21.6. The van der Waals surface area contributed by atoms with Crippen molar-refractivity contribution < 1.29 is 9.53 Å². The Balaban J connectivity index is 1.68. The third kappa shape index (κ3) is 3.45. The Hall–Kier alpha value is -2.86. The number of ether oxygens (including phenoxy) is 1. The minimum Gasteiger partial charge on any atom is -0.378 e. The maximum absolute atomic E-state index is 13.1. The van der Waals surface area contributed by atoms with Crippen molar-refractivity contribution in [2.45, 2.75) is 46.8 Å². The van der Waals surface area contributed by atoms with Gasteiger partial charge in [0, 0.05) is 25.5 Å². The van der Waals surface area contributed by atoms with Crippen LogP contribution in [0.5, 0.6) is 0 Å². The van der Waals surface area contributed by atoms with Gasteiger partial charge < -0.3 is 19.4 Å². The Morgan fingerprint density at radius 2 is 1.87 bits per heavy atom. The largest absolute Gasteiger partial charge is 0.378 e. The fourth-order valence-corrected chi connectivity index (χ4v) is 4.15. The lowest BCUT2D eigenvalue weighted by molar-refractivity contribution is -0.0947. The zero-order valence-corrected chi connectivity index (χ0v) is 18.7. The first-order valence-electron chi connectivity index (χ1n) is 10.3. The topological polar surface area (TPSA) is 58.9 Å². The van der Waals surface area contributed by atoms with Gasteiger partial charge in [0.2, 0.25) is 0 Å². The molecule has 0 unspecified atom stereocenters. The molecule has 0 aliphatic carbocycles. The molecule has 158 valence electrons. The Bertz CT molecular complexity index is 1110. The quantitative estimate of drug-likeness (QED) is 0.695. The van der Waals surface area contributed by atoms with E-state index < -0.39 is 0 Å². The summed E-state index contributed by atoms with van der Waals surface area (Å²) in [5.41, 5.74) is 7.90. The van der Waals surface area contributed by atoms with E-state index in [1.165, 1.54) is 16.7 Å². The van der Waals surface area contributed by atoms with E-state index in [1.807, 2.05) is 42.3 Å². The molecule has 2 aromatic heterocycles. The van der Waals surface area contributed by atoms with Crippen LogP contribution in [-0.2, 0) is 11.3 Å². The summed E-state index contributed by atoms with van der Waals surface area (Å²) in [4.78, 5) is 19.7. The van der Waals surface area contributed by atoms with Gasteiger partial charge in [0.05, 0.1) is 30.0 Å². The molecule has 0 spiro atoms. The van der Waals surface area contributed by atoms with E-state index >= 15 is 0 Å². The fourth-order valence-electron chi connectivity index (χ4n) is 4.15. The van der Waals surface area contributed by atoms with Gasteiger partial charge in [0.1, 0.15) is 5.60 Å². The van der Waals surface area contributed by atoms with Crippen molar-refractivity contribution in [2.75, 3.05) is 25.5 Å². The highest BCUT2D eigenvalue weighted by Gasteiger charge is 2.41. The van der Waals surface area contributed by atoms with E-state index in [0.717, 1.165) is 22.7 Å². The van der Waals surface area contributed by atoms with Crippen LogP contribution in [0.4, 0.5) is 5.69 Å². The van der Waals surface area contributed by atoms with Crippen LogP contribution in [0.3, 0.4) is 0 Å². The average Bonchev–Trinajstić information content (AvgIpc) is 2.98. The number of hydrogen-bond acceptors (Lipinski definition) is 4. The second-order valence-electron chi connectivity index (χ2n) is 8.66. The summed E-state index contributed by atoms with van der Waals surface area (Å²) in [6, 6.07) is 8.26. The van der Waals surface area contributed by atoms with Crippen molar-refractivity contribution in [2.24, 2.45) is 0 Å². The summed E-state index contributed by atoms with van der Waals surface area (Å²) in [6.45, 7) is 12.2. The second-order valence-corrected chi connectivity index (χ2v) is 8.66. The fraction of sp³-hybridized carbons (Fsp3) is 0.417. The molecule has 0 radical (unpaired) electrons. The van der Waals surface area contributed by atoms with Gasteiger partial charge in [-0.2, -0.15) is 0 Å². The number of carbonyl (C=O) groups is 1. The zero-order valence-electron chi connectivity index (χ0n) is 18.7. The summed E-state index contributed by atoms with van der Waals surface area (Å²) >= 11 is 0. The van der Waals surface area contributed by atoms with Gasteiger partial charge in [0.25, 0.3) is 5.91 Å². The van der Waals surface area contributed by atoms with Gasteiger partial charge in [-0.25, -0.2) is 4.98 Å². The van der Waals surface area contributed by atoms with E-state index in [0.29, 0.717) is 25.2 Å². The number of aromatic nitrogens is 2. The molecular formula is C24H30N4O2. The van der Waals surface area contributed by atoms with Gasteiger partial charge in [-0.05, 0) is 57.4 Å². The minimum absolute atomic E-state index is 0.0206. The van der Waals surface area contributed by atoms with Crippen molar-refractivity contribution in [1.29, 1.82) is 0 Å². The monoisotopic (exact) mass is 406 g/mol. The van der Waals surface area contributed by atoms with Crippen LogP contribution in [0.15, 0.2) is 30.5 Å². The number of fused-ring (bicyclic) bond motifs is 1. The molecule has 0 saturated carbocycles. The third-order valence-electron chi connectivity index (χ3n) is 6.37. The number of likely N-dealkylation sites (tertiary alicyclic amines) is 1. The molecule has 3 heterocycles. The maximum atomic E-state index is 13.1. The summed E-state index contributed by atoms with van der Waals surface area (Å²) in [5.74, 6) is 0.0206. The number of nitrogens with one attached hydrogen (secondary N) is 1. The van der Waals surface area contributed by atoms with Crippen LogP contribution in [-0.4, -0.2) is 46.0 Å². The molecule has 1 amide bonds. The highest BCUT2D eigenvalue weighted by atomic mass is 16.5. The number of pyridine rings is 1. The molecule has 3 aromatic rings. The molecule has 1 aromatic carbocycles. The van der Waals surface area contributed by atoms with Crippen molar-refractivity contribution in [1.82, 2.24) is 14.3 Å². The van der Waals surface area contributed by atoms with Gasteiger partial charge >= 0.3 is 0 Å². The van der Waals surface area contributed by atoms with Crippen LogP contribution >= 0.6 is 0 Å². The molecule has 0 bridgehead atoms. The summed E-state index contributed by atoms with van der Waals surface area (Å²) in [7, 11) is 1.70. The Kier molecular flexibility index (Phi) is 5.06. The van der Waals surface area contributed by atoms with E-state index in [9.17, 15) is 4.79 Å². The van der Waals surface area contributed by atoms with E-state index in [2.05, 4.69) is 37.4 Å². The number of amides is 1. The lowest BCUT2D eigenvalue weighted by atomic mass is 9.95. The highest BCUT2D eigenvalue weighted by molar-refractivity contribution is 5.96. The molecule has 1 N–H and O–H groups in total. The first kappa shape index (κ1) is 20.4. The molecule has 6 nitrogen and oxygen atoms in total. The molecular weight excluding hydrogens is 376 g/mol. The highest BCUT2D eigenvalue weighted by Crippen LogP contribution is 2.28. The Labute approximate surface area is 177 Å². The number of rotatable bonds is 5. The normalized spacial score (nSPS) is 15.3. The molecule has 1 fully saturated rings. The van der Waals surface area contributed by atoms with Crippen molar-refractivity contribution in [3.8, 4) is 0 Å². The third-order valence-corrected chi connectivity index (χ3v) is 6.37. The van der Waals surface area contributed by atoms with Crippen LogP contribution in [0.1, 0.15) is 45.4 Å². The molecule has 1 saturated heterocycles. The Morgan fingerprint density at radius 1 is 1.20 bits per heavy atom. The SMILES string of the molecule is COC1(C)CN(C(=O)c2cc(NCc3c(C)cccc3C)c3nc(C)c(C)n3c2)C1. The van der Waals surface area contributed by atoms with Crippen LogP contribution < -0.4 is 5.32 Å². The number of aryl methyl sites for hydroxylation is 4. The number of benzene rings is 1. The second kappa shape index (κ2) is 7.43. The smallest absolute Gasteiger partial charge is 0.255 e. The minimum atomic E-state index is -0.245. The Morgan fingerprint density at radius 3 is 2.50 bits per heavy atom. The van der Waals surface area contributed by atoms with Crippen molar-refractivity contribution in [3.63, 3.8) is 0 Å². The first-order valence-corrected chi connectivity index (χ1v) is 10.3. The van der Waals surface area contributed by atoms with Gasteiger partial charge in [-0.3, -0.25) is 4.79 Å². The lowest BCUT2D eigenvalue weighted by Crippen LogP contribution is -2.62. The first-order chi connectivity index (χ1) is 14.2. The number of carbonyl (C=O) groups excluding carboxylic acids is 1. The standard InChI is InChI=1S/C24H30N4O2/c1-15-8-7-9-16(2)20(15)11-25-21-10-19(12-28-18(4)17(3)26-22(21)28)23(29)27-13-24(5,14-27)30-6/h7-10,12,25H,11,13-14H2,1-6H3. The molecule has 1 aliphatic rings. The molecule has 0 atom stereocenters. The molecule has 6 heteroatoms. The number of imidazole rings is 1. The predicted octanol–water partition coefficient (Wildman–Crippen LogP) is 4.04. The van der Waals surface area contributed by atoms with Crippen LogP contribution in [0, 0.1) is 27.7 Å². The number of anilines is 1. The number of hydrogen-bond donors (Lipinski definition) is 1. The number of methoxy groups -OCH3 is 1. The van der Waals surface area contributed by atoms with Gasteiger partial charge in [-0.15, -0.1) is 0 Å². The molecule has 1 aliphatic heterocycles. The predicted molar refractivity (Wildman–Crippen MR) is 119 cm³/mol. The molecule has 30 heavy (non-hydrogen) atoms. The molecule has 4 rings (SSSR count). The summed E-state index contributed by atoms with van der Waals surface area (Å²) < 4.78 is 7.51. The lowest BCUT2D eigenvalue weighted by Gasteiger charge is -2.46. The van der Waals surface area contributed by atoms with Crippen molar-refractivity contribution in [3.05, 3.63) is 64.1 Å². The average molecular weight is 407 g/mol.